The lowest BCUT2D eigenvalue weighted by atomic mass is 10.1. The Morgan fingerprint density at radius 1 is 0.629 bits per heavy atom. The van der Waals surface area contributed by atoms with Crippen molar-refractivity contribution in [2.75, 3.05) is 66.3 Å². The number of carbonyl (C=O) groups excluding carboxylic acids is 4. The highest BCUT2D eigenvalue weighted by Gasteiger charge is 2.27. The molecule has 8 N–H and O–H groups in total. The van der Waals surface area contributed by atoms with Crippen LogP contribution in [-0.2, 0) is 36.9 Å². The SMILES string of the molecule is COC(=O)[C@@H](NC(=O)c1ccc(C#C/C=C/c2ccc(CN3CCOCC3)cc2)cc1)[C@@H](C)O.C[C@@H](O)[C@H](NC(=O)c1ccc(C#C/C=C/c2ccc(CN3CCOCC3)cc2)cc1)C(=O)CO.NO. The fourth-order valence-corrected chi connectivity index (χ4v) is 6.96. The molecule has 0 aliphatic carbocycles. The van der Waals surface area contributed by atoms with Gasteiger partial charge in [-0.05, 0) is 109 Å². The van der Waals surface area contributed by atoms with Crippen molar-refractivity contribution in [1.29, 1.82) is 0 Å². The monoisotopic (exact) mass is 957 g/mol. The Kier molecular flexibility index (Phi) is 24.4. The van der Waals surface area contributed by atoms with E-state index in [1.54, 1.807) is 60.7 Å². The van der Waals surface area contributed by atoms with Crippen LogP contribution in [0, 0.1) is 23.7 Å². The number of methoxy groups -OCH3 is 1. The van der Waals surface area contributed by atoms with Gasteiger partial charge in [0.05, 0.1) is 45.7 Å². The van der Waals surface area contributed by atoms with Crippen molar-refractivity contribution in [3.63, 3.8) is 0 Å². The van der Waals surface area contributed by atoms with Crippen molar-refractivity contribution in [2.24, 2.45) is 5.90 Å². The average molecular weight is 958 g/mol. The fourth-order valence-electron chi connectivity index (χ4n) is 6.96. The molecule has 2 fully saturated rings. The second kappa shape index (κ2) is 30.6. The number of aliphatic hydroxyl groups excluding tert-OH is 3. The molecule has 2 heterocycles. The molecule has 16 heteroatoms. The normalized spacial score (nSPS) is 15.4. The molecule has 4 aromatic carbocycles. The van der Waals surface area contributed by atoms with Crippen molar-refractivity contribution in [2.45, 2.75) is 51.2 Å². The van der Waals surface area contributed by atoms with Crippen molar-refractivity contribution >= 4 is 35.7 Å². The van der Waals surface area contributed by atoms with Crippen molar-refractivity contribution in [1.82, 2.24) is 20.4 Å². The largest absolute Gasteiger partial charge is 0.467 e. The van der Waals surface area contributed by atoms with E-state index in [9.17, 15) is 29.4 Å². The maximum atomic E-state index is 12.4. The summed E-state index contributed by atoms with van der Waals surface area (Å²) in [4.78, 5) is 52.8. The summed E-state index contributed by atoms with van der Waals surface area (Å²) in [5, 5.41) is 39.8. The smallest absolute Gasteiger partial charge is 0.331 e. The van der Waals surface area contributed by atoms with E-state index in [1.165, 1.54) is 32.1 Å². The third-order valence-electron chi connectivity index (χ3n) is 10.9. The molecule has 2 saturated heterocycles. The third-order valence-corrected chi connectivity index (χ3v) is 10.9. The fraction of sp³-hybridized carbons (Fsp3) is 0.333. The van der Waals surface area contributed by atoms with Gasteiger partial charge >= 0.3 is 5.97 Å². The number of morpholine rings is 2. The molecule has 0 aromatic heterocycles. The van der Waals surface area contributed by atoms with Gasteiger partial charge in [-0.3, -0.25) is 24.2 Å². The second-order valence-corrected chi connectivity index (χ2v) is 16.2. The number of rotatable bonds is 15. The number of aliphatic hydroxyl groups is 3. The summed E-state index contributed by atoms with van der Waals surface area (Å²) < 4.78 is 15.4. The number of ether oxygens (including phenoxy) is 3. The molecule has 0 saturated carbocycles. The van der Waals surface area contributed by atoms with Gasteiger partial charge in [0.2, 0.25) is 0 Å². The van der Waals surface area contributed by atoms with Gasteiger partial charge in [-0.25, -0.2) is 10.7 Å². The Labute approximate surface area is 409 Å². The summed E-state index contributed by atoms with van der Waals surface area (Å²) in [7, 11) is 1.20. The van der Waals surface area contributed by atoms with Crippen molar-refractivity contribution in [3.8, 4) is 23.7 Å². The van der Waals surface area contributed by atoms with Crippen LogP contribution in [0.2, 0.25) is 0 Å². The molecule has 370 valence electrons. The zero-order chi connectivity index (χ0) is 50.7. The van der Waals surface area contributed by atoms with E-state index in [0.717, 1.165) is 87.9 Å². The second-order valence-electron chi connectivity index (χ2n) is 16.2. The third kappa shape index (κ3) is 19.3. The Morgan fingerprint density at radius 3 is 1.34 bits per heavy atom. The number of esters is 1. The number of nitrogens with one attached hydrogen (secondary N) is 2. The summed E-state index contributed by atoms with van der Waals surface area (Å²) in [5.41, 5.74) is 6.86. The minimum Gasteiger partial charge on any atom is -0.467 e. The van der Waals surface area contributed by atoms with Crippen molar-refractivity contribution < 1.29 is 53.9 Å². The molecule has 0 spiro atoms. The van der Waals surface area contributed by atoms with Crippen LogP contribution in [0.4, 0.5) is 0 Å². The summed E-state index contributed by atoms with van der Waals surface area (Å²) >= 11 is 0. The first-order valence-electron chi connectivity index (χ1n) is 22.7. The number of nitrogens with two attached hydrogens (primary N) is 1. The number of nitrogens with zero attached hydrogens (tertiary/aromatic N) is 2. The van der Waals surface area contributed by atoms with Gasteiger partial charge < -0.3 is 45.4 Å². The van der Waals surface area contributed by atoms with E-state index in [4.69, 9.17) is 19.8 Å². The number of allylic oxidation sites excluding steroid dienone is 2. The van der Waals surface area contributed by atoms with Gasteiger partial charge in [0.25, 0.3) is 11.8 Å². The lowest BCUT2D eigenvalue weighted by Gasteiger charge is -2.26. The molecule has 0 bridgehead atoms. The van der Waals surface area contributed by atoms with Crippen LogP contribution >= 0.6 is 0 Å². The first-order valence-corrected chi connectivity index (χ1v) is 22.7. The van der Waals surface area contributed by atoms with E-state index in [0.29, 0.717) is 11.1 Å². The molecule has 70 heavy (non-hydrogen) atoms. The molecular weight excluding hydrogens is 895 g/mol. The minimum absolute atomic E-state index is 0.328. The van der Waals surface area contributed by atoms with Crippen LogP contribution in [0.3, 0.4) is 0 Å². The highest BCUT2D eigenvalue weighted by Crippen LogP contribution is 2.13. The van der Waals surface area contributed by atoms with E-state index in [-0.39, 0.29) is 0 Å². The molecule has 2 aliphatic heterocycles. The van der Waals surface area contributed by atoms with Crippen LogP contribution in [0.15, 0.2) is 109 Å². The minimum atomic E-state index is -1.16. The first kappa shape index (κ1) is 55.8. The molecule has 0 unspecified atom stereocenters. The predicted molar refractivity (Wildman–Crippen MR) is 266 cm³/mol. The summed E-state index contributed by atoms with van der Waals surface area (Å²) in [5.74, 6) is 13.2. The van der Waals surface area contributed by atoms with Gasteiger partial charge in [0, 0.05) is 61.5 Å². The standard InChI is InChI=1S/2C27H30N2O5.H3NO/c1-20(30)25(27(32)33-2)28-26(31)24-13-11-22(12-14-24)6-4-3-5-21-7-9-23(10-8-21)19-29-15-17-34-18-16-29;1-20(31)26(25(32)19-30)28-27(33)24-12-10-22(11-13-24)5-3-2-4-21-6-8-23(9-7-21)18-29-14-16-34-17-15-29;1-2/h3,5,7-14,20,25,30H,15-19H2,1-2H3,(H,28,31);2,4,6-13,20,26,30-31H,14-19H2,1H3,(H,28,33);2H,1H2/b5-3+;4-2+;/t20-,25+;20-,26+;/m11./s1. The van der Waals surface area contributed by atoms with Crippen LogP contribution in [-0.4, -0.2) is 145 Å². The number of hydrogen-bond donors (Lipinski definition) is 7. The molecule has 0 radical (unpaired) electrons. The summed E-state index contributed by atoms with van der Waals surface area (Å²) in [6.45, 7) is 11.0. The molecule has 2 aliphatic rings. The van der Waals surface area contributed by atoms with E-state index in [1.807, 2.05) is 12.2 Å². The highest BCUT2D eigenvalue weighted by atomic mass is 16.5. The number of hydrogen-bond acceptors (Lipinski definition) is 14. The zero-order valence-corrected chi connectivity index (χ0v) is 39.8. The molecule has 2 amide bonds. The lowest BCUT2D eigenvalue weighted by Crippen LogP contribution is -2.48. The van der Waals surface area contributed by atoms with Crippen LogP contribution in [0.5, 0.6) is 0 Å². The maximum absolute atomic E-state index is 12.4. The van der Waals surface area contributed by atoms with Gasteiger partial charge in [0.1, 0.15) is 12.6 Å². The molecular formula is C54H63N5O11. The van der Waals surface area contributed by atoms with Crippen molar-refractivity contribution in [3.05, 3.63) is 154 Å². The molecule has 16 nitrogen and oxygen atoms in total. The van der Waals surface area contributed by atoms with E-state index >= 15 is 0 Å². The van der Waals surface area contributed by atoms with E-state index < -0.39 is 54.5 Å². The summed E-state index contributed by atoms with van der Waals surface area (Å²) in [6, 6.07) is 27.8. The van der Waals surface area contributed by atoms with Crippen LogP contribution in [0.25, 0.3) is 12.2 Å². The Hall–Kier alpha value is -6.80. The molecule has 4 atom stereocenters. The Bertz CT molecular complexity index is 2270. The average Bonchev–Trinajstić information content (AvgIpc) is 3.39. The molecule has 4 aromatic rings. The predicted octanol–water partition coefficient (Wildman–Crippen LogP) is 3.19. The molecule has 6 rings (SSSR count). The number of carbonyl (C=O) groups is 4. The number of ketones is 1. The first-order chi connectivity index (χ1) is 33.9. The van der Waals surface area contributed by atoms with Gasteiger partial charge in [0.15, 0.2) is 11.8 Å². The summed E-state index contributed by atoms with van der Waals surface area (Å²) in [6.07, 6.45) is 5.29. The Balaban J connectivity index is 0.000000294. The topological polar surface area (TPSA) is 233 Å². The quantitative estimate of drug-likeness (QED) is 0.0516. The number of Topliss-reactive ketones (excluding diaryl/α,β-unsaturated/α-hetero) is 1. The maximum Gasteiger partial charge on any atom is 0.331 e. The lowest BCUT2D eigenvalue weighted by molar-refractivity contribution is -0.145. The van der Waals surface area contributed by atoms with E-state index in [2.05, 4.69) is 103 Å². The Morgan fingerprint density at radius 2 is 1.00 bits per heavy atom. The van der Waals surface area contributed by atoms with Gasteiger partial charge in [-0.1, -0.05) is 72.2 Å². The number of benzene rings is 4. The van der Waals surface area contributed by atoms with Gasteiger partial charge in [-0.2, -0.15) is 0 Å². The zero-order valence-electron chi connectivity index (χ0n) is 39.8. The van der Waals surface area contributed by atoms with Crippen LogP contribution in [0.1, 0.15) is 67.9 Å². The van der Waals surface area contributed by atoms with Gasteiger partial charge in [-0.15, -0.1) is 0 Å². The van der Waals surface area contributed by atoms with Crippen LogP contribution < -0.4 is 16.5 Å². The highest BCUT2D eigenvalue weighted by molar-refractivity contribution is 5.98. The number of amides is 2.